The first-order valence-electron chi connectivity index (χ1n) is 8.37. The fourth-order valence-corrected chi connectivity index (χ4v) is 4.52. The molecule has 2 aromatic rings. The van der Waals surface area contributed by atoms with Crippen molar-refractivity contribution in [1.29, 1.82) is 0 Å². The highest BCUT2D eigenvalue weighted by Crippen LogP contribution is 2.42. The Hall–Kier alpha value is -1.94. The summed E-state index contributed by atoms with van der Waals surface area (Å²) in [6.45, 7) is 0.696. The van der Waals surface area contributed by atoms with E-state index in [1.54, 1.807) is 18.4 Å². The standard InChI is InChI=1S/C20H12F8S2/c1-7-12(21)14(23)10(15(24)13(7)22)11-16(25)18(27)20(19(28)17(11)26)30-9-5-3-4-8(6-9)29-2/h3,5-6,8H,4H2,1-2H3. The minimum Gasteiger partial charge on any atom is -0.203 e. The third-order valence-electron chi connectivity index (χ3n) is 4.48. The lowest BCUT2D eigenvalue weighted by molar-refractivity contribution is 0.421. The van der Waals surface area contributed by atoms with Crippen LogP contribution in [0, 0.1) is 53.5 Å². The van der Waals surface area contributed by atoms with Crippen LogP contribution in [0.1, 0.15) is 12.0 Å². The van der Waals surface area contributed by atoms with Gasteiger partial charge in [-0.1, -0.05) is 30.0 Å². The fourth-order valence-electron chi connectivity index (χ4n) is 2.86. The van der Waals surface area contributed by atoms with Gasteiger partial charge in [0, 0.05) is 15.7 Å². The van der Waals surface area contributed by atoms with Crippen LogP contribution < -0.4 is 0 Å². The Morgan fingerprint density at radius 3 is 1.67 bits per heavy atom. The average Bonchev–Trinajstić information content (AvgIpc) is 2.75. The molecule has 0 fully saturated rings. The molecule has 0 bridgehead atoms. The molecule has 0 nitrogen and oxygen atoms in total. The van der Waals surface area contributed by atoms with Crippen molar-refractivity contribution in [1.82, 2.24) is 0 Å². The molecule has 0 amide bonds. The minimum atomic E-state index is -2.17. The highest BCUT2D eigenvalue weighted by molar-refractivity contribution is 8.03. The van der Waals surface area contributed by atoms with Crippen LogP contribution in [0.3, 0.4) is 0 Å². The van der Waals surface area contributed by atoms with Crippen LogP contribution in [-0.2, 0) is 0 Å². The van der Waals surface area contributed by atoms with Crippen LogP contribution in [0.4, 0.5) is 35.1 Å². The highest BCUT2D eigenvalue weighted by atomic mass is 32.2. The van der Waals surface area contributed by atoms with Crippen LogP contribution in [-0.4, -0.2) is 11.5 Å². The Kier molecular flexibility index (Phi) is 6.57. The zero-order chi connectivity index (χ0) is 22.3. The molecule has 10 heteroatoms. The maximum absolute atomic E-state index is 14.6. The highest BCUT2D eigenvalue weighted by Gasteiger charge is 2.33. The summed E-state index contributed by atoms with van der Waals surface area (Å²) in [5, 5.41) is -0.0145. The molecule has 0 saturated heterocycles. The van der Waals surface area contributed by atoms with Gasteiger partial charge in [0.25, 0.3) is 0 Å². The Morgan fingerprint density at radius 1 is 0.733 bits per heavy atom. The second kappa shape index (κ2) is 8.66. The first-order chi connectivity index (χ1) is 14.1. The first-order valence-corrected chi connectivity index (χ1v) is 10.5. The van der Waals surface area contributed by atoms with Crippen LogP contribution in [0.15, 0.2) is 28.0 Å². The van der Waals surface area contributed by atoms with Crippen molar-refractivity contribution >= 4 is 23.5 Å². The molecular weight excluding hydrogens is 456 g/mol. The summed E-state index contributed by atoms with van der Waals surface area (Å²) in [7, 11) is 0. The second-order valence-electron chi connectivity index (χ2n) is 6.30. The molecule has 0 heterocycles. The van der Waals surface area contributed by atoms with Crippen molar-refractivity contribution in [3.8, 4) is 11.1 Å². The first kappa shape index (κ1) is 22.7. The molecular formula is C20H12F8S2. The van der Waals surface area contributed by atoms with Gasteiger partial charge >= 0.3 is 0 Å². The zero-order valence-corrected chi connectivity index (χ0v) is 17.0. The normalized spacial score (nSPS) is 16.2. The molecule has 0 spiro atoms. The van der Waals surface area contributed by atoms with Crippen molar-refractivity contribution in [2.24, 2.45) is 0 Å². The van der Waals surface area contributed by atoms with E-state index in [-0.39, 0.29) is 5.25 Å². The summed E-state index contributed by atoms with van der Waals surface area (Å²) in [5.41, 5.74) is -4.81. The molecule has 1 aliphatic carbocycles. The summed E-state index contributed by atoms with van der Waals surface area (Å²) in [6, 6.07) is 0. The van der Waals surface area contributed by atoms with E-state index < -0.39 is 68.1 Å². The number of rotatable bonds is 4. The summed E-state index contributed by atoms with van der Waals surface area (Å²) in [4.78, 5) is -0.782. The zero-order valence-electron chi connectivity index (χ0n) is 15.4. The van der Waals surface area contributed by atoms with Gasteiger partial charge in [0.2, 0.25) is 0 Å². The number of halogens is 8. The van der Waals surface area contributed by atoms with E-state index in [1.165, 1.54) is 17.8 Å². The van der Waals surface area contributed by atoms with Gasteiger partial charge in [-0.2, -0.15) is 11.8 Å². The lowest BCUT2D eigenvalue weighted by Gasteiger charge is -2.17. The SMILES string of the molecule is CSC1C=C(Sc2c(F)c(F)c(-c3c(F)c(F)c(C)c(F)c3F)c(F)c2F)C=CC1. The van der Waals surface area contributed by atoms with Crippen LogP contribution in [0.5, 0.6) is 0 Å². The molecule has 1 atom stereocenters. The largest absolute Gasteiger partial charge is 0.203 e. The molecule has 0 N–H and O–H groups in total. The number of hydrogen-bond donors (Lipinski definition) is 0. The Balaban J connectivity index is 2.21. The van der Waals surface area contributed by atoms with E-state index in [0.29, 0.717) is 30.0 Å². The smallest absolute Gasteiger partial charge is 0.176 e. The lowest BCUT2D eigenvalue weighted by Crippen LogP contribution is -2.09. The predicted molar refractivity (Wildman–Crippen MR) is 101 cm³/mol. The number of thioether (sulfide) groups is 2. The van der Waals surface area contributed by atoms with Gasteiger partial charge < -0.3 is 0 Å². The second-order valence-corrected chi connectivity index (χ2v) is 8.46. The van der Waals surface area contributed by atoms with Crippen LogP contribution in [0.2, 0.25) is 0 Å². The number of benzene rings is 2. The van der Waals surface area contributed by atoms with E-state index in [0.717, 1.165) is 0 Å². The van der Waals surface area contributed by atoms with Crippen LogP contribution >= 0.6 is 23.5 Å². The van der Waals surface area contributed by atoms with E-state index in [1.807, 2.05) is 0 Å². The molecule has 160 valence electrons. The van der Waals surface area contributed by atoms with Gasteiger partial charge in [-0.05, 0) is 19.6 Å². The fraction of sp³-hybridized carbons (Fsp3) is 0.200. The molecule has 0 aromatic heterocycles. The van der Waals surface area contributed by atoms with E-state index in [2.05, 4.69) is 0 Å². The minimum absolute atomic E-state index is 0.0145. The van der Waals surface area contributed by atoms with E-state index in [9.17, 15) is 35.1 Å². The molecule has 1 aliphatic rings. The summed E-state index contributed by atoms with van der Waals surface area (Å²) < 4.78 is 114. The topological polar surface area (TPSA) is 0 Å². The van der Waals surface area contributed by atoms with Gasteiger partial charge in [0.05, 0.1) is 16.0 Å². The Labute approximate surface area is 175 Å². The Morgan fingerprint density at radius 2 is 1.20 bits per heavy atom. The quantitative estimate of drug-likeness (QED) is 0.338. The molecule has 2 aromatic carbocycles. The van der Waals surface area contributed by atoms with Gasteiger partial charge in [-0.3, -0.25) is 0 Å². The number of allylic oxidation sites excluding steroid dienone is 2. The predicted octanol–water partition coefficient (Wildman–Crippen LogP) is 7.44. The van der Waals surface area contributed by atoms with Gasteiger partial charge in [-0.25, -0.2) is 35.1 Å². The van der Waals surface area contributed by atoms with E-state index >= 15 is 0 Å². The van der Waals surface area contributed by atoms with Crippen molar-refractivity contribution in [3.63, 3.8) is 0 Å². The molecule has 0 radical (unpaired) electrons. The van der Waals surface area contributed by atoms with Crippen molar-refractivity contribution < 1.29 is 35.1 Å². The Bertz CT molecular complexity index is 1030. The number of hydrogen-bond acceptors (Lipinski definition) is 2. The van der Waals surface area contributed by atoms with Crippen molar-refractivity contribution in [2.75, 3.05) is 6.26 Å². The molecule has 30 heavy (non-hydrogen) atoms. The molecule has 0 aliphatic heterocycles. The monoisotopic (exact) mass is 468 g/mol. The van der Waals surface area contributed by atoms with Gasteiger partial charge in [-0.15, -0.1) is 0 Å². The average molecular weight is 468 g/mol. The summed E-state index contributed by atoms with van der Waals surface area (Å²) in [6.07, 6.45) is 7.32. The maximum Gasteiger partial charge on any atom is 0.176 e. The lowest BCUT2D eigenvalue weighted by atomic mass is 9.99. The summed E-state index contributed by atoms with van der Waals surface area (Å²) >= 11 is 1.83. The third-order valence-corrected chi connectivity index (χ3v) is 6.48. The molecule has 3 rings (SSSR count). The third kappa shape index (κ3) is 3.75. The summed E-state index contributed by atoms with van der Waals surface area (Å²) in [5.74, 6) is -16.4. The molecule has 1 unspecified atom stereocenters. The van der Waals surface area contributed by atoms with Crippen molar-refractivity contribution in [3.05, 3.63) is 75.2 Å². The molecule has 0 saturated carbocycles. The van der Waals surface area contributed by atoms with Crippen molar-refractivity contribution in [2.45, 2.75) is 23.5 Å². The van der Waals surface area contributed by atoms with Gasteiger partial charge in [0.15, 0.2) is 46.5 Å². The maximum atomic E-state index is 14.6. The van der Waals surface area contributed by atoms with Crippen LogP contribution in [0.25, 0.3) is 11.1 Å². The van der Waals surface area contributed by atoms with Gasteiger partial charge in [0.1, 0.15) is 0 Å². The van der Waals surface area contributed by atoms with E-state index in [4.69, 9.17) is 0 Å².